The summed E-state index contributed by atoms with van der Waals surface area (Å²) in [4.78, 5) is 2.23. The van der Waals surface area contributed by atoms with Crippen molar-refractivity contribution in [3.8, 4) is 5.75 Å². The van der Waals surface area contributed by atoms with E-state index in [1.54, 1.807) is 0 Å². The molecule has 0 unspecified atom stereocenters. The molecule has 0 saturated heterocycles. The van der Waals surface area contributed by atoms with Crippen LogP contribution in [0.15, 0.2) is 48.5 Å². The minimum atomic E-state index is 0.750. The fourth-order valence-corrected chi connectivity index (χ4v) is 2.31. The van der Waals surface area contributed by atoms with Crippen LogP contribution in [0, 0.1) is 0 Å². The van der Waals surface area contributed by atoms with Gasteiger partial charge in [0.25, 0.3) is 0 Å². The zero-order chi connectivity index (χ0) is 12.4. The number of rotatable bonds is 1. The molecular weight excluding hydrogens is 224 g/mol. The third-order valence-corrected chi connectivity index (χ3v) is 3.17. The third kappa shape index (κ3) is 1.88. The molecule has 1 aliphatic heterocycles. The van der Waals surface area contributed by atoms with Gasteiger partial charge in [-0.1, -0.05) is 24.3 Å². The van der Waals surface area contributed by atoms with Crippen LogP contribution >= 0.6 is 0 Å². The van der Waals surface area contributed by atoms with Crippen LogP contribution in [0.2, 0.25) is 0 Å². The van der Waals surface area contributed by atoms with Crippen molar-refractivity contribution in [2.45, 2.75) is 6.42 Å². The van der Waals surface area contributed by atoms with Crippen molar-refractivity contribution in [3.63, 3.8) is 0 Å². The molecule has 0 bridgehead atoms. The molecule has 0 spiro atoms. The van der Waals surface area contributed by atoms with Gasteiger partial charge in [0, 0.05) is 6.54 Å². The Bertz CT molecular complexity index is 554. The lowest BCUT2D eigenvalue weighted by atomic mass is 10.2. The highest BCUT2D eigenvalue weighted by Crippen LogP contribution is 2.37. The van der Waals surface area contributed by atoms with Crippen LogP contribution < -0.4 is 15.4 Å². The average Bonchev–Trinajstić information content (AvgIpc) is 2.62. The highest BCUT2D eigenvalue weighted by atomic mass is 16.5. The van der Waals surface area contributed by atoms with Crippen LogP contribution in [0.5, 0.6) is 5.75 Å². The summed E-state index contributed by atoms with van der Waals surface area (Å²) < 4.78 is 5.76. The number of nitrogen functional groups attached to an aromatic ring is 1. The predicted molar refractivity (Wildman–Crippen MR) is 74.4 cm³/mol. The van der Waals surface area contributed by atoms with Gasteiger partial charge in [0.1, 0.15) is 5.75 Å². The molecule has 2 aromatic rings. The Morgan fingerprint density at radius 2 is 1.67 bits per heavy atom. The van der Waals surface area contributed by atoms with Gasteiger partial charge in [-0.05, 0) is 30.7 Å². The summed E-state index contributed by atoms with van der Waals surface area (Å²) in [6.07, 6.45) is 0.989. The number of benzene rings is 2. The summed E-state index contributed by atoms with van der Waals surface area (Å²) in [7, 11) is 0. The zero-order valence-corrected chi connectivity index (χ0v) is 10.2. The molecule has 0 radical (unpaired) electrons. The second kappa shape index (κ2) is 4.61. The fraction of sp³-hybridized carbons (Fsp3) is 0.200. The Morgan fingerprint density at radius 3 is 2.50 bits per heavy atom. The van der Waals surface area contributed by atoms with Crippen LogP contribution in [0.3, 0.4) is 0 Å². The van der Waals surface area contributed by atoms with Gasteiger partial charge in [0.05, 0.1) is 23.7 Å². The molecule has 3 rings (SSSR count). The van der Waals surface area contributed by atoms with E-state index in [2.05, 4.69) is 17.0 Å². The molecule has 1 heterocycles. The van der Waals surface area contributed by atoms with Crippen molar-refractivity contribution in [3.05, 3.63) is 48.5 Å². The lowest BCUT2D eigenvalue weighted by Crippen LogP contribution is -2.18. The van der Waals surface area contributed by atoms with Gasteiger partial charge in [0.15, 0.2) is 0 Å². The van der Waals surface area contributed by atoms with Gasteiger partial charge in [-0.15, -0.1) is 0 Å². The van der Waals surface area contributed by atoms with E-state index in [1.165, 1.54) is 0 Å². The summed E-state index contributed by atoms with van der Waals surface area (Å²) in [5.74, 6) is 0.929. The number of fused-ring (bicyclic) bond motifs is 1. The second-order valence-corrected chi connectivity index (χ2v) is 4.38. The summed E-state index contributed by atoms with van der Waals surface area (Å²) in [5.41, 5.74) is 9.02. The number of para-hydroxylation sites is 4. The van der Waals surface area contributed by atoms with Gasteiger partial charge < -0.3 is 15.4 Å². The molecule has 18 heavy (non-hydrogen) atoms. The number of anilines is 3. The topological polar surface area (TPSA) is 38.5 Å². The van der Waals surface area contributed by atoms with E-state index in [-0.39, 0.29) is 0 Å². The molecule has 3 nitrogen and oxygen atoms in total. The SMILES string of the molecule is Nc1ccccc1N1CCCOc2ccccc21. The minimum absolute atomic E-state index is 0.750. The Hall–Kier alpha value is -2.16. The predicted octanol–water partition coefficient (Wildman–Crippen LogP) is 3.19. The van der Waals surface area contributed by atoms with Crippen molar-refractivity contribution in [1.29, 1.82) is 0 Å². The molecular formula is C15H16N2O. The highest BCUT2D eigenvalue weighted by Gasteiger charge is 2.18. The molecule has 1 aliphatic rings. The first-order valence-electron chi connectivity index (χ1n) is 6.20. The summed E-state index contributed by atoms with van der Waals surface area (Å²) in [5, 5.41) is 0. The van der Waals surface area contributed by atoms with E-state index in [0.29, 0.717) is 0 Å². The lowest BCUT2D eigenvalue weighted by molar-refractivity contribution is 0.322. The van der Waals surface area contributed by atoms with Gasteiger partial charge >= 0.3 is 0 Å². The Balaban J connectivity index is 2.10. The summed E-state index contributed by atoms with van der Waals surface area (Å²) >= 11 is 0. The van der Waals surface area contributed by atoms with Gasteiger partial charge in [0.2, 0.25) is 0 Å². The molecule has 0 atom stereocenters. The Labute approximate surface area is 107 Å². The van der Waals surface area contributed by atoms with Crippen LogP contribution in [0.25, 0.3) is 0 Å². The van der Waals surface area contributed by atoms with Crippen molar-refractivity contribution < 1.29 is 4.74 Å². The largest absolute Gasteiger partial charge is 0.491 e. The maximum Gasteiger partial charge on any atom is 0.142 e. The summed E-state index contributed by atoms with van der Waals surface area (Å²) in [6.45, 7) is 1.67. The van der Waals surface area contributed by atoms with E-state index in [1.807, 2.05) is 36.4 Å². The number of ether oxygens (including phenoxy) is 1. The van der Waals surface area contributed by atoms with Crippen molar-refractivity contribution >= 4 is 17.1 Å². The molecule has 0 aromatic heterocycles. The van der Waals surface area contributed by atoms with Crippen molar-refractivity contribution in [2.75, 3.05) is 23.8 Å². The van der Waals surface area contributed by atoms with E-state index in [9.17, 15) is 0 Å². The van der Waals surface area contributed by atoms with E-state index in [0.717, 1.165) is 42.4 Å². The number of hydrogen-bond donors (Lipinski definition) is 1. The average molecular weight is 240 g/mol. The Morgan fingerprint density at radius 1 is 0.944 bits per heavy atom. The standard InChI is InChI=1S/C15H16N2O/c16-12-6-1-2-7-13(12)17-10-5-11-18-15-9-4-3-8-14(15)17/h1-4,6-9H,5,10-11,16H2. The minimum Gasteiger partial charge on any atom is -0.491 e. The second-order valence-electron chi connectivity index (χ2n) is 4.38. The lowest BCUT2D eigenvalue weighted by Gasteiger charge is -2.25. The first kappa shape index (κ1) is 11.0. The Kier molecular flexibility index (Phi) is 2.81. The third-order valence-electron chi connectivity index (χ3n) is 3.17. The number of nitrogens with two attached hydrogens (primary N) is 1. The molecule has 0 aliphatic carbocycles. The van der Waals surface area contributed by atoms with E-state index >= 15 is 0 Å². The zero-order valence-electron chi connectivity index (χ0n) is 10.2. The molecule has 0 saturated carbocycles. The molecule has 92 valence electrons. The normalized spacial score (nSPS) is 14.6. The van der Waals surface area contributed by atoms with E-state index < -0.39 is 0 Å². The first-order chi connectivity index (χ1) is 8.86. The maximum absolute atomic E-state index is 6.08. The van der Waals surface area contributed by atoms with Crippen LogP contribution in [-0.4, -0.2) is 13.2 Å². The maximum atomic E-state index is 6.08. The monoisotopic (exact) mass is 240 g/mol. The molecule has 3 heteroatoms. The number of hydrogen-bond acceptors (Lipinski definition) is 3. The smallest absolute Gasteiger partial charge is 0.142 e. The number of nitrogens with zero attached hydrogens (tertiary/aromatic N) is 1. The summed E-state index contributed by atoms with van der Waals surface area (Å²) in [6, 6.07) is 16.1. The fourth-order valence-electron chi connectivity index (χ4n) is 2.31. The van der Waals surface area contributed by atoms with Gasteiger partial charge in [-0.3, -0.25) is 0 Å². The van der Waals surface area contributed by atoms with Gasteiger partial charge in [-0.25, -0.2) is 0 Å². The molecule has 0 fully saturated rings. The first-order valence-corrected chi connectivity index (χ1v) is 6.20. The van der Waals surface area contributed by atoms with Gasteiger partial charge in [-0.2, -0.15) is 0 Å². The van der Waals surface area contributed by atoms with E-state index in [4.69, 9.17) is 10.5 Å². The van der Waals surface area contributed by atoms with Crippen LogP contribution in [0.1, 0.15) is 6.42 Å². The molecule has 2 aromatic carbocycles. The molecule has 0 amide bonds. The quantitative estimate of drug-likeness (QED) is 0.778. The van der Waals surface area contributed by atoms with Crippen molar-refractivity contribution in [1.82, 2.24) is 0 Å². The molecule has 2 N–H and O–H groups in total. The van der Waals surface area contributed by atoms with Crippen molar-refractivity contribution in [2.24, 2.45) is 0 Å². The van der Waals surface area contributed by atoms with Crippen LogP contribution in [-0.2, 0) is 0 Å². The van der Waals surface area contributed by atoms with Crippen LogP contribution in [0.4, 0.5) is 17.1 Å². The highest BCUT2D eigenvalue weighted by molar-refractivity contribution is 5.77.